The number of aryl methyl sites for hydroxylation is 1. The van der Waals surface area contributed by atoms with Crippen molar-refractivity contribution in [3.05, 3.63) is 10.6 Å². The Hall–Kier alpha value is -1.31. The molecule has 0 aromatic carbocycles. The first-order chi connectivity index (χ1) is 9.32. The zero-order valence-corrected chi connectivity index (χ0v) is 12.0. The van der Waals surface area contributed by atoms with Crippen LogP contribution in [-0.4, -0.2) is 37.3 Å². The predicted molar refractivity (Wildman–Crippen MR) is 69.2 cm³/mol. The van der Waals surface area contributed by atoms with Gasteiger partial charge in [0.05, 0.1) is 13.0 Å². The van der Waals surface area contributed by atoms with E-state index in [2.05, 4.69) is 9.72 Å². The highest BCUT2D eigenvalue weighted by Crippen LogP contribution is 2.36. The standard InChI is InChI=1S/C12H15F3N2O2S/c1-7-9(10(18)19-2)16-11(20-7)17-5-3-4-8(6-17)12(13,14)15/h8H,3-6H2,1-2H3. The molecule has 0 aliphatic carbocycles. The smallest absolute Gasteiger partial charge is 0.393 e. The molecule has 1 unspecified atom stereocenters. The number of alkyl halides is 3. The first kappa shape index (κ1) is 15.1. The maximum atomic E-state index is 12.8. The topological polar surface area (TPSA) is 42.4 Å². The third kappa shape index (κ3) is 3.05. The number of hydrogen-bond donors (Lipinski definition) is 0. The van der Waals surface area contributed by atoms with Crippen molar-refractivity contribution in [1.29, 1.82) is 0 Å². The lowest BCUT2D eigenvalue weighted by molar-refractivity contribution is -0.175. The van der Waals surface area contributed by atoms with Crippen molar-refractivity contribution in [2.24, 2.45) is 5.92 Å². The molecule has 1 saturated heterocycles. The van der Waals surface area contributed by atoms with Gasteiger partial charge in [-0.3, -0.25) is 0 Å². The number of ether oxygens (including phenoxy) is 1. The highest BCUT2D eigenvalue weighted by molar-refractivity contribution is 7.15. The maximum absolute atomic E-state index is 12.8. The highest BCUT2D eigenvalue weighted by Gasteiger charge is 2.42. The lowest BCUT2D eigenvalue weighted by atomic mass is 9.98. The van der Waals surface area contributed by atoms with Crippen LogP contribution in [0, 0.1) is 12.8 Å². The van der Waals surface area contributed by atoms with Crippen molar-refractivity contribution < 1.29 is 22.7 Å². The zero-order chi connectivity index (χ0) is 14.9. The number of thiazole rings is 1. The Bertz CT molecular complexity index is 501. The molecule has 1 aromatic rings. The Kier molecular flexibility index (Phi) is 4.22. The van der Waals surface area contributed by atoms with E-state index >= 15 is 0 Å². The largest absolute Gasteiger partial charge is 0.464 e. The normalized spacial score (nSPS) is 20.1. The summed E-state index contributed by atoms with van der Waals surface area (Å²) in [6, 6.07) is 0. The van der Waals surface area contributed by atoms with Crippen LogP contribution in [0.4, 0.5) is 18.3 Å². The minimum absolute atomic E-state index is 0.100. The van der Waals surface area contributed by atoms with Crippen LogP contribution in [-0.2, 0) is 4.74 Å². The van der Waals surface area contributed by atoms with Crippen molar-refractivity contribution in [1.82, 2.24) is 4.98 Å². The van der Waals surface area contributed by atoms with Crippen LogP contribution >= 0.6 is 11.3 Å². The van der Waals surface area contributed by atoms with Crippen molar-refractivity contribution in [2.45, 2.75) is 25.9 Å². The SMILES string of the molecule is COC(=O)c1nc(N2CCCC(C(F)(F)F)C2)sc1C. The number of methoxy groups -OCH3 is 1. The van der Waals surface area contributed by atoms with E-state index in [9.17, 15) is 18.0 Å². The summed E-state index contributed by atoms with van der Waals surface area (Å²) in [5.41, 5.74) is 0.182. The molecule has 2 heterocycles. The van der Waals surface area contributed by atoms with Crippen molar-refractivity contribution >= 4 is 22.4 Å². The van der Waals surface area contributed by atoms with Gasteiger partial charge in [0.25, 0.3) is 0 Å². The van der Waals surface area contributed by atoms with E-state index in [-0.39, 0.29) is 18.7 Å². The van der Waals surface area contributed by atoms with E-state index in [0.29, 0.717) is 23.0 Å². The summed E-state index contributed by atoms with van der Waals surface area (Å²) in [6.07, 6.45) is -3.57. The van der Waals surface area contributed by atoms with Crippen LogP contribution in [0.5, 0.6) is 0 Å². The molecule has 0 amide bonds. The minimum Gasteiger partial charge on any atom is -0.464 e. The lowest BCUT2D eigenvalue weighted by Crippen LogP contribution is -2.41. The lowest BCUT2D eigenvalue weighted by Gasteiger charge is -2.33. The van der Waals surface area contributed by atoms with E-state index in [1.54, 1.807) is 11.8 Å². The van der Waals surface area contributed by atoms with Gasteiger partial charge in [-0.1, -0.05) is 0 Å². The molecule has 0 spiro atoms. The van der Waals surface area contributed by atoms with Gasteiger partial charge in [0.1, 0.15) is 0 Å². The maximum Gasteiger partial charge on any atom is 0.393 e. The molecule has 0 saturated carbocycles. The Balaban J connectivity index is 2.17. The minimum atomic E-state index is -4.18. The van der Waals surface area contributed by atoms with Crippen molar-refractivity contribution in [3.63, 3.8) is 0 Å². The summed E-state index contributed by atoms with van der Waals surface area (Å²) < 4.78 is 42.9. The number of nitrogens with zero attached hydrogens (tertiary/aromatic N) is 2. The van der Waals surface area contributed by atoms with E-state index in [1.807, 2.05) is 0 Å². The number of esters is 1. The van der Waals surface area contributed by atoms with Crippen LogP contribution in [0.1, 0.15) is 28.2 Å². The van der Waals surface area contributed by atoms with E-state index in [0.717, 1.165) is 0 Å². The number of piperidine rings is 1. The van der Waals surface area contributed by atoms with Crippen molar-refractivity contribution in [2.75, 3.05) is 25.1 Å². The summed E-state index contributed by atoms with van der Waals surface area (Å²) in [5.74, 6) is -1.89. The molecular weight excluding hydrogens is 293 g/mol. The molecule has 8 heteroatoms. The van der Waals surface area contributed by atoms with Gasteiger partial charge in [-0.15, -0.1) is 11.3 Å². The van der Waals surface area contributed by atoms with Gasteiger partial charge in [-0.2, -0.15) is 13.2 Å². The van der Waals surface area contributed by atoms with E-state index < -0.39 is 18.1 Å². The fourth-order valence-electron chi connectivity index (χ4n) is 2.22. The van der Waals surface area contributed by atoms with E-state index in [1.165, 1.54) is 18.4 Å². The third-order valence-corrected chi connectivity index (χ3v) is 4.35. The number of carbonyl (C=O) groups excluding carboxylic acids is 1. The fourth-order valence-corrected chi connectivity index (χ4v) is 3.15. The third-order valence-electron chi connectivity index (χ3n) is 3.32. The summed E-state index contributed by atoms with van der Waals surface area (Å²) in [4.78, 5) is 17.9. The second-order valence-corrected chi connectivity index (χ2v) is 5.90. The molecule has 4 nitrogen and oxygen atoms in total. The summed E-state index contributed by atoms with van der Waals surface area (Å²) in [6.45, 7) is 2.13. The summed E-state index contributed by atoms with van der Waals surface area (Å²) in [7, 11) is 1.25. The summed E-state index contributed by atoms with van der Waals surface area (Å²) in [5, 5.41) is 0.455. The average Bonchev–Trinajstić information content (AvgIpc) is 2.79. The quantitative estimate of drug-likeness (QED) is 0.788. The second-order valence-electron chi connectivity index (χ2n) is 4.72. The molecule has 1 aliphatic heterocycles. The van der Waals surface area contributed by atoms with Gasteiger partial charge in [0.2, 0.25) is 0 Å². The molecule has 0 N–H and O–H groups in total. The zero-order valence-electron chi connectivity index (χ0n) is 11.2. The van der Waals surface area contributed by atoms with Crippen LogP contribution in [0.25, 0.3) is 0 Å². The number of aromatic nitrogens is 1. The molecule has 20 heavy (non-hydrogen) atoms. The van der Waals surface area contributed by atoms with Crippen LogP contribution in [0.2, 0.25) is 0 Å². The molecule has 1 fully saturated rings. The Morgan fingerprint density at radius 1 is 1.50 bits per heavy atom. The summed E-state index contributed by atoms with van der Waals surface area (Å²) >= 11 is 1.22. The monoisotopic (exact) mass is 308 g/mol. The second kappa shape index (κ2) is 5.59. The number of halogens is 3. The molecule has 1 aliphatic rings. The predicted octanol–water partition coefficient (Wildman–Crippen LogP) is 3.02. The first-order valence-electron chi connectivity index (χ1n) is 6.20. The number of rotatable bonds is 2. The first-order valence-corrected chi connectivity index (χ1v) is 7.02. The van der Waals surface area contributed by atoms with Gasteiger partial charge in [-0.25, -0.2) is 9.78 Å². The number of anilines is 1. The Labute approximate surface area is 118 Å². The van der Waals surface area contributed by atoms with Crippen LogP contribution in [0.3, 0.4) is 0 Å². The van der Waals surface area contributed by atoms with Crippen LogP contribution in [0.15, 0.2) is 0 Å². The molecular formula is C12H15F3N2O2S. The molecule has 0 radical (unpaired) electrons. The molecule has 1 atom stereocenters. The number of hydrogen-bond acceptors (Lipinski definition) is 5. The Morgan fingerprint density at radius 3 is 2.80 bits per heavy atom. The highest BCUT2D eigenvalue weighted by atomic mass is 32.1. The number of carbonyl (C=O) groups is 1. The Morgan fingerprint density at radius 2 is 2.20 bits per heavy atom. The molecule has 2 rings (SSSR count). The van der Waals surface area contributed by atoms with Crippen molar-refractivity contribution in [3.8, 4) is 0 Å². The van der Waals surface area contributed by atoms with Gasteiger partial charge in [-0.05, 0) is 19.8 Å². The van der Waals surface area contributed by atoms with Gasteiger partial charge in [0.15, 0.2) is 10.8 Å². The fraction of sp³-hybridized carbons (Fsp3) is 0.667. The van der Waals surface area contributed by atoms with Crippen LogP contribution < -0.4 is 4.90 Å². The van der Waals surface area contributed by atoms with Gasteiger partial charge in [0, 0.05) is 18.0 Å². The van der Waals surface area contributed by atoms with E-state index in [4.69, 9.17) is 0 Å². The molecule has 112 valence electrons. The molecule has 0 bridgehead atoms. The van der Waals surface area contributed by atoms with Gasteiger partial charge >= 0.3 is 12.1 Å². The molecule has 1 aromatic heterocycles. The average molecular weight is 308 g/mol. The van der Waals surface area contributed by atoms with Gasteiger partial charge < -0.3 is 9.64 Å².